The molecule has 0 aliphatic rings. The van der Waals surface area contributed by atoms with E-state index in [1.54, 1.807) is 18.0 Å². The Bertz CT molecular complexity index is 814. The van der Waals surface area contributed by atoms with Gasteiger partial charge in [0.25, 0.3) is 0 Å². The number of pyridine rings is 1. The number of benzene rings is 1. The summed E-state index contributed by atoms with van der Waals surface area (Å²) in [6.45, 7) is 4.33. The first-order valence-electron chi connectivity index (χ1n) is 8.06. The smallest absolute Gasteiger partial charge is 0.209 e. The average Bonchev–Trinajstić information content (AvgIpc) is 2.96. The van der Waals surface area contributed by atoms with Crippen LogP contribution in [0.3, 0.4) is 0 Å². The van der Waals surface area contributed by atoms with Crippen molar-refractivity contribution in [2.75, 3.05) is 11.6 Å². The van der Waals surface area contributed by atoms with E-state index >= 15 is 0 Å². The Morgan fingerprint density at radius 3 is 2.60 bits per heavy atom. The molecule has 25 heavy (non-hydrogen) atoms. The van der Waals surface area contributed by atoms with Crippen molar-refractivity contribution in [2.45, 2.75) is 32.0 Å². The fourth-order valence-electron chi connectivity index (χ4n) is 2.46. The molecule has 0 spiro atoms. The van der Waals surface area contributed by atoms with Gasteiger partial charge in [0.2, 0.25) is 5.16 Å². The van der Waals surface area contributed by atoms with E-state index in [4.69, 9.17) is 10.6 Å². The number of para-hydroxylation sites is 1. The average molecular weight is 355 g/mol. The van der Waals surface area contributed by atoms with Crippen LogP contribution in [0.2, 0.25) is 0 Å². The monoisotopic (exact) mass is 355 g/mol. The Morgan fingerprint density at radius 1 is 1.08 bits per heavy atom. The normalized spacial score (nSPS) is 10.8. The van der Waals surface area contributed by atoms with Crippen LogP contribution in [0, 0.1) is 13.8 Å². The Labute approximate surface area is 151 Å². The molecule has 0 fully saturated rings. The minimum atomic E-state index is 0.288. The molecular weight excluding hydrogens is 334 g/mol. The number of aromatic nitrogens is 4. The van der Waals surface area contributed by atoms with Crippen LogP contribution in [0.1, 0.15) is 22.6 Å². The summed E-state index contributed by atoms with van der Waals surface area (Å²) in [4.78, 5) is 4.31. The largest absolute Gasteiger partial charge is 0.485 e. The van der Waals surface area contributed by atoms with E-state index in [1.807, 2.05) is 50.2 Å². The molecule has 6 nitrogen and oxygen atoms in total. The molecule has 130 valence electrons. The third-order valence-electron chi connectivity index (χ3n) is 3.81. The summed E-state index contributed by atoms with van der Waals surface area (Å²) >= 11 is 1.56. The number of nitrogens with zero attached hydrogens (tertiary/aromatic N) is 4. The van der Waals surface area contributed by atoms with Gasteiger partial charge >= 0.3 is 0 Å². The number of nitrogen functional groups attached to an aromatic ring is 1. The summed E-state index contributed by atoms with van der Waals surface area (Å²) in [5, 5.41) is 8.97. The molecule has 0 atom stereocenters. The van der Waals surface area contributed by atoms with E-state index in [2.05, 4.69) is 15.2 Å². The highest BCUT2D eigenvalue weighted by Crippen LogP contribution is 2.23. The van der Waals surface area contributed by atoms with Gasteiger partial charge in [-0.3, -0.25) is 4.98 Å². The van der Waals surface area contributed by atoms with Gasteiger partial charge in [0, 0.05) is 17.6 Å². The fraction of sp³-hybridized carbons (Fsp3) is 0.278. The first-order chi connectivity index (χ1) is 12.1. The minimum absolute atomic E-state index is 0.288. The lowest BCUT2D eigenvalue weighted by Crippen LogP contribution is -2.16. The summed E-state index contributed by atoms with van der Waals surface area (Å²) in [6.07, 6.45) is 2.65. The molecule has 0 unspecified atom stereocenters. The molecule has 0 aliphatic heterocycles. The molecular formula is C18H21N5OS. The van der Waals surface area contributed by atoms with Gasteiger partial charge in [-0.25, -0.2) is 4.68 Å². The van der Waals surface area contributed by atoms with Crippen LogP contribution in [0.4, 0.5) is 0 Å². The van der Waals surface area contributed by atoms with Gasteiger partial charge in [0.1, 0.15) is 12.4 Å². The highest BCUT2D eigenvalue weighted by molar-refractivity contribution is 7.99. The van der Waals surface area contributed by atoms with Gasteiger partial charge in [-0.15, -0.1) is 10.2 Å². The van der Waals surface area contributed by atoms with Crippen molar-refractivity contribution < 1.29 is 4.74 Å². The van der Waals surface area contributed by atoms with Crippen LogP contribution in [0.5, 0.6) is 5.75 Å². The molecule has 0 radical (unpaired) electrons. The predicted octanol–water partition coefficient (Wildman–Crippen LogP) is 2.92. The third-order valence-corrected chi connectivity index (χ3v) is 4.75. The maximum Gasteiger partial charge on any atom is 0.209 e. The number of rotatable bonds is 7. The number of ether oxygens (including phenoxy) is 1. The maximum atomic E-state index is 6.10. The SMILES string of the molecule is Cc1cccc(C)c1OCc1nnc(SCCc2ccccn2)n1N. The van der Waals surface area contributed by atoms with Crippen LogP contribution in [-0.2, 0) is 13.0 Å². The second-order valence-electron chi connectivity index (χ2n) is 5.70. The van der Waals surface area contributed by atoms with Crippen molar-refractivity contribution in [1.29, 1.82) is 0 Å². The third kappa shape index (κ3) is 4.30. The first-order valence-corrected chi connectivity index (χ1v) is 9.05. The van der Waals surface area contributed by atoms with Crippen molar-refractivity contribution in [3.63, 3.8) is 0 Å². The Hall–Kier alpha value is -2.54. The van der Waals surface area contributed by atoms with Crippen LogP contribution in [-0.4, -0.2) is 25.6 Å². The summed E-state index contributed by atoms with van der Waals surface area (Å²) in [5.74, 6) is 8.41. The second kappa shape index (κ2) is 8.02. The van der Waals surface area contributed by atoms with Gasteiger partial charge in [0.05, 0.1) is 0 Å². The summed E-state index contributed by atoms with van der Waals surface area (Å²) < 4.78 is 7.40. The standard InChI is InChI=1S/C18H21N5OS/c1-13-6-5-7-14(2)17(13)24-12-16-21-22-18(23(16)19)25-11-9-15-8-3-4-10-20-15/h3-8,10H,9,11-12,19H2,1-2H3. The van der Waals surface area contributed by atoms with Gasteiger partial charge in [0.15, 0.2) is 5.82 Å². The van der Waals surface area contributed by atoms with Crippen LogP contribution in [0.15, 0.2) is 47.8 Å². The van der Waals surface area contributed by atoms with Crippen LogP contribution >= 0.6 is 11.8 Å². The van der Waals surface area contributed by atoms with Crippen molar-refractivity contribution in [3.05, 3.63) is 65.2 Å². The lowest BCUT2D eigenvalue weighted by Gasteiger charge is -2.11. The predicted molar refractivity (Wildman–Crippen MR) is 99.1 cm³/mol. The first kappa shape index (κ1) is 17.3. The lowest BCUT2D eigenvalue weighted by atomic mass is 10.1. The zero-order valence-electron chi connectivity index (χ0n) is 14.3. The molecule has 2 heterocycles. The number of hydrogen-bond acceptors (Lipinski definition) is 6. The van der Waals surface area contributed by atoms with E-state index in [-0.39, 0.29) is 6.61 Å². The van der Waals surface area contributed by atoms with E-state index in [0.29, 0.717) is 11.0 Å². The molecule has 1 aromatic carbocycles. The van der Waals surface area contributed by atoms with Gasteiger partial charge in [-0.2, -0.15) is 0 Å². The summed E-state index contributed by atoms with van der Waals surface area (Å²) in [5.41, 5.74) is 3.23. The second-order valence-corrected chi connectivity index (χ2v) is 6.76. The molecule has 3 rings (SSSR count). The quantitative estimate of drug-likeness (QED) is 0.518. The Balaban J connectivity index is 1.57. The topological polar surface area (TPSA) is 78.9 Å². The molecule has 0 saturated heterocycles. The molecule has 2 N–H and O–H groups in total. The Morgan fingerprint density at radius 2 is 1.88 bits per heavy atom. The number of nitrogens with two attached hydrogens (primary N) is 1. The number of thioether (sulfide) groups is 1. The molecule has 3 aromatic rings. The molecule has 0 saturated carbocycles. The summed E-state index contributed by atoms with van der Waals surface area (Å²) in [7, 11) is 0. The zero-order chi connectivity index (χ0) is 17.6. The van der Waals surface area contributed by atoms with Gasteiger partial charge in [-0.1, -0.05) is 36.0 Å². The fourth-order valence-corrected chi connectivity index (χ4v) is 3.30. The number of hydrogen-bond donors (Lipinski definition) is 1. The van der Waals surface area contributed by atoms with E-state index in [0.717, 1.165) is 34.7 Å². The zero-order valence-corrected chi connectivity index (χ0v) is 15.2. The van der Waals surface area contributed by atoms with E-state index in [1.165, 1.54) is 4.68 Å². The Kier molecular flexibility index (Phi) is 5.55. The minimum Gasteiger partial charge on any atom is -0.485 e. The molecule has 0 amide bonds. The van der Waals surface area contributed by atoms with Gasteiger partial charge < -0.3 is 10.6 Å². The van der Waals surface area contributed by atoms with Crippen molar-refractivity contribution >= 4 is 11.8 Å². The molecule has 0 aliphatic carbocycles. The van der Waals surface area contributed by atoms with Crippen molar-refractivity contribution in [2.24, 2.45) is 0 Å². The van der Waals surface area contributed by atoms with Crippen LogP contribution in [0.25, 0.3) is 0 Å². The molecule has 7 heteroatoms. The molecule has 0 bridgehead atoms. The highest BCUT2D eigenvalue weighted by Gasteiger charge is 2.12. The van der Waals surface area contributed by atoms with E-state index in [9.17, 15) is 0 Å². The van der Waals surface area contributed by atoms with Crippen molar-refractivity contribution in [3.8, 4) is 5.75 Å². The van der Waals surface area contributed by atoms with Crippen molar-refractivity contribution in [1.82, 2.24) is 19.9 Å². The maximum absolute atomic E-state index is 6.10. The van der Waals surface area contributed by atoms with Gasteiger partial charge in [-0.05, 0) is 43.5 Å². The highest BCUT2D eigenvalue weighted by atomic mass is 32.2. The van der Waals surface area contributed by atoms with E-state index < -0.39 is 0 Å². The van der Waals surface area contributed by atoms with Crippen LogP contribution < -0.4 is 10.6 Å². The summed E-state index contributed by atoms with van der Waals surface area (Å²) in [6, 6.07) is 12.0. The number of aryl methyl sites for hydroxylation is 3. The lowest BCUT2D eigenvalue weighted by molar-refractivity contribution is 0.288. The molecule has 2 aromatic heterocycles.